The summed E-state index contributed by atoms with van der Waals surface area (Å²) in [5.41, 5.74) is 0.146. The maximum absolute atomic E-state index is 10.9. The van der Waals surface area contributed by atoms with Crippen molar-refractivity contribution in [3.05, 3.63) is 0 Å². The van der Waals surface area contributed by atoms with E-state index in [0.29, 0.717) is 6.42 Å². The van der Waals surface area contributed by atoms with Crippen LogP contribution < -0.4 is 5.32 Å². The number of carbonyl (C=O) groups excluding carboxylic acids is 1. The first-order valence-electron chi connectivity index (χ1n) is 4.97. The lowest BCUT2D eigenvalue weighted by atomic mass is 9.78. The molecule has 1 amide bonds. The van der Waals surface area contributed by atoms with Gasteiger partial charge >= 0.3 is 0 Å². The summed E-state index contributed by atoms with van der Waals surface area (Å²) in [7, 11) is 0. The first-order valence-corrected chi connectivity index (χ1v) is 4.97. The van der Waals surface area contributed by atoms with Gasteiger partial charge in [0.05, 0.1) is 0 Å². The third-order valence-corrected chi connectivity index (χ3v) is 2.22. The summed E-state index contributed by atoms with van der Waals surface area (Å²) < 4.78 is 0. The number of rotatable bonds is 2. The molecule has 0 aromatic rings. The smallest absolute Gasteiger partial charge is 0.220 e. The molecular formula is C10H21NO. The van der Waals surface area contributed by atoms with E-state index in [-0.39, 0.29) is 11.4 Å². The minimum absolute atomic E-state index is 0.146. The van der Waals surface area contributed by atoms with Gasteiger partial charge in [0.2, 0.25) is 5.91 Å². The molecule has 1 N–H and O–H groups in total. The zero-order valence-electron chi connectivity index (χ0n) is 8.74. The summed E-state index contributed by atoms with van der Waals surface area (Å²) in [5.74, 6) is 0.183. The van der Waals surface area contributed by atoms with Gasteiger partial charge in [0.1, 0.15) is 0 Å². The normalized spacial score (nSPS) is 18.3. The number of carbonyl (C=O) groups is 1. The van der Waals surface area contributed by atoms with Crippen molar-refractivity contribution in [1.29, 1.82) is 0 Å². The molecule has 1 saturated carbocycles. The highest BCUT2D eigenvalue weighted by Crippen LogP contribution is 2.30. The third kappa shape index (κ3) is 3.24. The second-order valence-corrected chi connectivity index (χ2v) is 3.32. The van der Waals surface area contributed by atoms with Crippen molar-refractivity contribution < 1.29 is 4.79 Å². The van der Waals surface area contributed by atoms with E-state index >= 15 is 0 Å². The van der Waals surface area contributed by atoms with Gasteiger partial charge in [0.25, 0.3) is 0 Å². The number of nitrogens with one attached hydrogen (secondary N) is 1. The lowest BCUT2D eigenvalue weighted by Crippen LogP contribution is -2.50. The standard InChI is InChI=1S/C8H15NO.C2H6/c1-3-7(10)9-8(2)5-4-6-8;1-2/h3-6H2,1-2H3,(H,9,10);1-2H3. The Hall–Kier alpha value is -0.530. The Morgan fingerprint density at radius 1 is 1.42 bits per heavy atom. The highest BCUT2D eigenvalue weighted by molar-refractivity contribution is 5.76. The van der Waals surface area contributed by atoms with Gasteiger partial charge in [-0.3, -0.25) is 4.79 Å². The minimum atomic E-state index is 0.146. The first-order chi connectivity index (χ1) is 5.66. The third-order valence-electron chi connectivity index (χ3n) is 2.22. The lowest BCUT2D eigenvalue weighted by Gasteiger charge is -2.39. The van der Waals surface area contributed by atoms with Crippen LogP contribution in [0.5, 0.6) is 0 Å². The first kappa shape index (κ1) is 11.5. The Morgan fingerprint density at radius 2 is 1.92 bits per heavy atom. The number of amides is 1. The number of hydrogen-bond acceptors (Lipinski definition) is 1. The van der Waals surface area contributed by atoms with E-state index in [1.165, 1.54) is 6.42 Å². The summed E-state index contributed by atoms with van der Waals surface area (Å²) in [6, 6.07) is 0. The fourth-order valence-corrected chi connectivity index (χ4v) is 1.26. The monoisotopic (exact) mass is 171 g/mol. The predicted octanol–water partition coefficient (Wildman–Crippen LogP) is 2.48. The van der Waals surface area contributed by atoms with Crippen molar-refractivity contribution in [2.45, 2.75) is 58.9 Å². The molecule has 0 saturated heterocycles. The van der Waals surface area contributed by atoms with E-state index in [9.17, 15) is 4.79 Å². The maximum atomic E-state index is 10.9. The molecule has 1 rings (SSSR count). The molecule has 72 valence electrons. The molecule has 0 aromatic carbocycles. The van der Waals surface area contributed by atoms with Crippen LogP contribution in [-0.2, 0) is 4.79 Å². The van der Waals surface area contributed by atoms with Crippen molar-refractivity contribution in [2.75, 3.05) is 0 Å². The van der Waals surface area contributed by atoms with Gasteiger partial charge in [-0.05, 0) is 26.2 Å². The summed E-state index contributed by atoms with van der Waals surface area (Å²) >= 11 is 0. The molecule has 0 spiro atoms. The van der Waals surface area contributed by atoms with Crippen molar-refractivity contribution in [1.82, 2.24) is 5.32 Å². The van der Waals surface area contributed by atoms with Crippen LogP contribution in [0.4, 0.5) is 0 Å². The fraction of sp³-hybridized carbons (Fsp3) is 0.900. The van der Waals surface area contributed by atoms with E-state index in [0.717, 1.165) is 12.8 Å². The molecule has 1 aliphatic rings. The second-order valence-electron chi connectivity index (χ2n) is 3.32. The molecule has 0 aromatic heterocycles. The van der Waals surface area contributed by atoms with E-state index in [1.807, 2.05) is 20.8 Å². The highest BCUT2D eigenvalue weighted by atomic mass is 16.1. The molecule has 0 radical (unpaired) electrons. The molecule has 0 unspecified atom stereocenters. The molecule has 12 heavy (non-hydrogen) atoms. The maximum Gasteiger partial charge on any atom is 0.220 e. The van der Waals surface area contributed by atoms with Crippen LogP contribution >= 0.6 is 0 Å². The summed E-state index contributed by atoms with van der Waals surface area (Å²) in [5, 5.41) is 3.00. The zero-order chi connectivity index (χ0) is 9.61. The zero-order valence-corrected chi connectivity index (χ0v) is 8.74. The Kier molecular flexibility index (Phi) is 4.95. The van der Waals surface area contributed by atoms with E-state index in [1.54, 1.807) is 0 Å². The molecule has 2 heteroatoms. The van der Waals surface area contributed by atoms with Crippen molar-refractivity contribution in [3.8, 4) is 0 Å². The van der Waals surface area contributed by atoms with Crippen LogP contribution in [0, 0.1) is 0 Å². The average Bonchev–Trinajstić information content (AvgIpc) is 2.05. The Labute approximate surface area is 75.7 Å². The number of hydrogen-bond donors (Lipinski definition) is 1. The SMILES string of the molecule is CC.CCC(=O)NC1(C)CCC1. The quantitative estimate of drug-likeness (QED) is 0.679. The Bertz CT molecular complexity index is 139. The molecular weight excluding hydrogens is 150 g/mol. The van der Waals surface area contributed by atoms with Crippen molar-refractivity contribution in [2.24, 2.45) is 0 Å². The van der Waals surface area contributed by atoms with Crippen LogP contribution in [0.2, 0.25) is 0 Å². The van der Waals surface area contributed by atoms with Gasteiger partial charge in [0.15, 0.2) is 0 Å². The summed E-state index contributed by atoms with van der Waals surface area (Å²) in [6.07, 6.45) is 4.17. The Balaban J connectivity index is 0.000000561. The van der Waals surface area contributed by atoms with Crippen molar-refractivity contribution >= 4 is 5.91 Å². The average molecular weight is 171 g/mol. The molecule has 1 aliphatic carbocycles. The Morgan fingerprint density at radius 3 is 2.17 bits per heavy atom. The molecule has 2 nitrogen and oxygen atoms in total. The van der Waals surface area contributed by atoms with Gasteiger partial charge in [-0.1, -0.05) is 20.8 Å². The van der Waals surface area contributed by atoms with Crippen LogP contribution in [0.1, 0.15) is 53.4 Å². The van der Waals surface area contributed by atoms with Gasteiger partial charge in [-0.15, -0.1) is 0 Å². The minimum Gasteiger partial charge on any atom is -0.351 e. The van der Waals surface area contributed by atoms with Crippen LogP contribution in [0.3, 0.4) is 0 Å². The molecule has 0 heterocycles. The van der Waals surface area contributed by atoms with Crippen molar-refractivity contribution in [3.63, 3.8) is 0 Å². The second kappa shape index (κ2) is 5.18. The van der Waals surface area contributed by atoms with E-state index in [2.05, 4.69) is 12.2 Å². The van der Waals surface area contributed by atoms with Gasteiger partial charge in [-0.25, -0.2) is 0 Å². The highest BCUT2D eigenvalue weighted by Gasteiger charge is 2.32. The molecule has 0 atom stereocenters. The lowest BCUT2D eigenvalue weighted by molar-refractivity contribution is -0.123. The largest absolute Gasteiger partial charge is 0.351 e. The van der Waals surface area contributed by atoms with E-state index < -0.39 is 0 Å². The van der Waals surface area contributed by atoms with Crippen LogP contribution in [-0.4, -0.2) is 11.4 Å². The van der Waals surface area contributed by atoms with Gasteiger partial charge in [-0.2, -0.15) is 0 Å². The summed E-state index contributed by atoms with van der Waals surface area (Å²) in [4.78, 5) is 10.9. The molecule has 1 fully saturated rings. The molecule has 0 aliphatic heterocycles. The van der Waals surface area contributed by atoms with E-state index in [4.69, 9.17) is 0 Å². The van der Waals surface area contributed by atoms with Gasteiger partial charge in [0, 0.05) is 12.0 Å². The summed E-state index contributed by atoms with van der Waals surface area (Å²) in [6.45, 7) is 8.00. The fourth-order valence-electron chi connectivity index (χ4n) is 1.26. The van der Waals surface area contributed by atoms with Crippen LogP contribution in [0.25, 0.3) is 0 Å². The topological polar surface area (TPSA) is 29.1 Å². The van der Waals surface area contributed by atoms with Gasteiger partial charge < -0.3 is 5.32 Å². The van der Waals surface area contributed by atoms with Crippen LogP contribution in [0.15, 0.2) is 0 Å². The molecule has 0 bridgehead atoms. The predicted molar refractivity (Wildman–Crippen MR) is 52.0 cm³/mol.